The van der Waals surface area contributed by atoms with Gasteiger partial charge in [0.15, 0.2) is 5.75 Å². The lowest BCUT2D eigenvalue weighted by Gasteiger charge is -2.04. The van der Waals surface area contributed by atoms with Crippen molar-refractivity contribution in [2.45, 2.75) is 13.0 Å². The maximum atomic E-state index is 5.67. The molecule has 0 aliphatic carbocycles. The van der Waals surface area contributed by atoms with Crippen molar-refractivity contribution in [1.29, 1.82) is 0 Å². The molecule has 96 valence electrons. The molecule has 0 aliphatic heterocycles. The summed E-state index contributed by atoms with van der Waals surface area (Å²) in [6.45, 7) is 1.47. The molecule has 1 heterocycles. The summed E-state index contributed by atoms with van der Waals surface area (Å²) in [7, 11) is 1.64. The van der Waals surface area contributed by atoms with Gasteiger partial charge in [0.1, 0.15) is 11.5 Å². The normalized spacial score (nSPS) is 10.3. The molecule has 2 rings (SSSR count). The second-order valence-corrected chi connectivity index (χ2v) is 3.86. The Morgan fingerprint density at radius 1 is 1.17 bits per heavy atom. The summed E-state index contributed by atoms with van der Waals surface area (Å²) in [5.74, 6) is 2.28. The van der Waals surface area contributed by atoms with E-state index in [-0.39, 0.29) is 0 Å². The molecule has 0 spiro atoms. The fraction of sp³-hybridized carbons (Fsp3) is 0.308. The van der Waals surface area contributed by atoms with Crippen molar-refractivity contribution in [2.24, 2.45) is 5.73 Å². The number of aryl methyl sites for hydroxylation is 1. The van der Waals surface area contributed by atoms with E-state index in [1.165, 1.54) is 0 Å². The Hall–Kier alpha value is -2.01. The van der Waals surface area contributed by atoms with Crippen LogP contribution in [0.1, 0.15) is 6.42 Å². The largest absolute Gasteiger partial charge is 0.497 e. The molecule has 18 heavy (non-hydrogen) atoms. The Kier molecular flexibility index (Phi) is 4.20. The van der Waals surface area contributed by atoms with Crippen LogP contribution in [0.25, 0.3) is 0 Å². The Morgan fingerprint density at radius 3 is 2.56 bits per heavy atom. The van der Waals surface area contributed by atoms with E-state index in [0.717, 1.165) is 30.2 Å². The van der Waals surface area contributed by atoms with Crippen LogP contribution in [0.4, 0.5) is 0 Å². The van der Waals surface area contributed by atoms with Gasteiger partial charge in [0, 0.05) is 6.54 Å². The highest BCUT2D eigenvalue weighted by atomic mass is 16.5. The van der Waals surface area contributed by atoms with Crippen LogP contribution in [0.5, 0.6) is 17.2 Å². The molecule has 0 saturated carbocycles. The van der Waals surface area contributed by atoms with Crippen LogP contribution >= 0.6 is 0 Å². The quantitative estimate of drug-likeness (QED) is 0.848. The molecule has 0 fully saturated rings. The minimum atomic E-state index is 0.661. The molecule has 0 unspecified atom stereocenters. The molecule has 0 saturated heterocycles. The highest BCUT2D eigenvalue weighted by molar-refractivity contribution is 5.33. The molecular formula is C13H17N3O2. The maximum Gasteiger partial charge on any atom is 0.165 e. The third kappa shape index (κ3) is 3.24. The van der Waals surface area contributed by atoms with Crippen molar-refractivity contribution >= 4 is 0 Å². The van der Waals surface area contributed by atoms with Gasteiger partial charge in [-0.25, -0.2) is 0 Å². The Balaban J connectivity index is 1.97. The molecule has 0 radical (unpaired) electrons. The molecule has 0 amide bonds. The van der Waals surface area contributed by atoms with Gasteiger partial charge in [-0.2, -0.15) is 5.10 Å². The first kappa shape index (κ1) is 12.4. The minimum absolute atomic E-state index is 0.661. The number of methoxy groups -OCH3 is 1. The number of benzene rings is 1. The van der Waals surface area contributed by atoms with Crippen molar-refractivity contribution in [3.8, 4) is 17.2 Å². The SMILES string of the molecule is COc1ccc(Oc2cnn(CCCN)c2)cc1. The van der Waals surface area contributed by atoms with Gasteiger partial charge in [-0.05, 0) is 37.2 Å². The molecule has 0 atom stereocenters. The van der Waals surface area contributed by atoms with E-state index in [1.54, 1.807) is 13.3 Å². The molecule has 2 aromatic rings. The van der Waals surface area contributed by atoms with Crippen molar-refractivity contribution in [3.63, 3.8) is 0 Å². The predicted molar refractivity (Wildman–Crippen MR) is 69.0 cm³/mol. The molecule has 1 aromatic carbocycles. The average molecular weight is 247 g/mol. The summed E-state index contributed by atoms with van der Waals surface area (Å²) in [6.07, 6.45) is 4.46. The fourth-order valence-corrected chi connectivity index (χ4v) is 1.55. The predicted octanol–water partition coefficient (Wildman–Crippen LogP) is 2.03. The van der Waals surface area contributed by atoms with Gasteiger partial charge < -0.3 is 15.2 Å². The number of rotatable bonds is 6. The van der Waals surface area contributed by atoms with E-state index in [0.29, 0.717) is 6.54 Å². The van der Waals surface area contributed by atoms with Gasteiger partial charge in [-0.15, -0.1) is 0 Å². The van der Waals surface area contributed by atoms with E-state index in [2.05, 4.69) is 5.10 Å². The smallest absolute Gasteiger partial charge is 0.165 e. The second-order valence-electron chi connectivity index (χ2n) is 3.86. The number of hydrogen-bond acceptors (Lipinski definition) is 4. The third-order valence-electron chi connectivity index (χ3n) is 2.50. The van der Waals surface area contributed by atoms with Crippen LogP contribution < -0.4 is 15.2 Å². The van der Waals surface area contributed by atoms with E-state index in [9.17, 15) is 0 Å². The lowest BCUT2D eigenvalue weighted by molar-refractivity contribution is 0.413. The zero-order chi connectivity index (χ0) is 12.8. The van der Waals surface area contributed by atoms with Gasteiger partial charge in [-0.3, -0.25) is 4.68 Å². The molecule has 2 N–H and O–H groups in total. The zero-order valence-corrected chi connectivity index (χ0v) is 10.4. The first-order valence-electron chi connectivity index (χ1n) is 5.86. The van der Waals surface area contributed by atoms with E-state index in [1.807, 2.05) is 35.1 Å². The number of ether oxygens (including phenoxy) is 2. The van der Waals surface area contributed by atoms with Crippen LogP contribution in [0.15, 0.2) is 36.7 Å². The zero-order valence-electron chi connectivity index (χ0n) is 10.4. The molecule has 5 heteroatoms. The lowest BCUT2D eigenvalue weighted by atomic mass is 10.3. The standard InChI is InChI=1S/C13H17N3O2/c1-17-11-3-5-12(6-4-11)18-13-9-15-16(10-13)8-2-7-14/h3-6,9-10H,2,7-8,14H2,1H3. The highest BCUT2D eigenvalue weighted by Crippen LogP contribution is 2.23. The minimum Gasteiger partial charge on any atom is -0.497 e. The van der Waals surface area contributed by atoms with Gasteiger partial charge in [0.05, 0.1) is 19.5 Å². The maximum absolute atomic E-state index is 5.67. The summed E-state index contributed by atoms with van der Waals surface area (Å²) < 4.78 is 12.6. The number of aromatic nitrogens is 2. The van der Waals surface area contributed by atoms with Crippen molar-refractivity contribution < 1.29 is 9.47 Å². The molecule has 1 aromatic heterocycles. The molecule has 0 aliphatic rings. The molecular weight excluding hydrogens is 230 g/mol. The highest BCUT2D eigenvalue weighted by Gasteiger charge is 2.01. The average Bonchev–Trinajstić information content (AvgIpc) is 2.85. The monoisotopic (exact) mass is 247 g/mol. The van der Waals surface area contributed by atoms with Crippen LogP contribution in [0.2, 0.25) is 0 Å². The van der Waals surface area contributed by atoms with Crippen LogP contribution in [0, 0.1) is 0 Å². The summed E-state index contributed by atoms with van der Waals surface area (Å²) in [4.78, 5) is 0. The van der Waals surface area contributed by atoms with Gasteiger partial charge in [-0.1, -0.05) is 0 Å². The van der Waals surface area contributed by atoms with E-state index < -0.39 is 0 Å². The van der Waals surface area contributed by atoms with Crippen molar-refractivity contribution in [2.75, 3.05) is 13.7 Å². The lowest BCUT2D eigenvalue weighted by Crippen LogP contribution is -2.05. The summed E-state index contributed by atoms with van der Waals surface area (Å²) in [6, 6.07) is 7.43. The fourth-order valence-electron chi connectivity index (χ4n) is 1.55. The Morgan fingerprint density at radius 2 is 1.89 bits per heavy atom. The molecule has 0 bridgehead atoms. The van der Waals surface area contributed by atoms with Gasteiger partial charge in [0.25, 0.3) is 0 Å². The van der Waals surface area contributed by atoms with Gasteiger partial charge >= 0.3 is 0 Å². The summed E-state index contributed by atoms with van der Waals surface area (Å²) >= 11 is 0. The second kappa shape index (κ2) is 6.07. The van der Waals surface area contributed by atoms with Crippen LogP contribution in [-0.4, -0.2) is 23.4 Å². The number of nitrogens with zero attached hydrogens (tertiary/aromatic N) is 2. The summed E-state index contributed by atoms with van der Waals surface area (Å²) in [5.41, 5.74) is 5.45. The van der Waals surface area contributed by atoms with Crippen LogP contribution in [0.3, 0.4) is 0 Å². The van der Waals surface area contributed by atoms with Gasteiger partial charge in [0.2, 0.25) is 0 Å². The topological polar surface area (TPSA) is 62.3 Å². The van der Waals surface area contributed by atoms with Crippen molar-refractivity contribution in [3.05, 3.63) is 36.7 Å². The Labute approximate surface area is 106 Å². The first-order valence-corrected chi connectivity index (χ1v) is 5.86. The van der Waals surface area contributed by atoms with E-state index >= 15 is 0 Å². The van der Waals surface area contributed by atoms with Crippen LogP contribution in [-0.2, 0) is 6.54 Å². The Bertz CT molecular complexity index is 479. The summed E-state index contributed by atoms with van der Waals surface area (Å²) in [5, 5.41) is 4.20. The third-order valence-corrected chi connectivity index (χ3v) is 2.50. The van der Waals surface area contributed by atoms with Crippen molar-refractivity contribution in [1.82, 2.24) is 9.78 Å². The first-order chi connectivity index (χ1) is 8.81. The number of nitrogens with two attached hydrogens (primary N) is 1. The molecule has 5 nitrogen and oxygen atoms in total. The number of hydrogen-bond donors (Lipinski definition) is 1. The van der Waals surface area contributed by atoms with E-state index in [4.69, 9.17) is 15.2 Å².